The number of nitrogens with one attached hydrogen (secondary N) is 1. The zero-order valence-corrected chi connectivity index (χ0v) is 9.99. The molecule has 1 aliphatic rings. The molecule has 1 fully saturated rings. The van der Waals surface area contributed by atoms with E-state index in [9.17, 15) is 0 Å². The molecule has 2 unspecified atom stereocenters. The van der Waals surface area contributed by atoms with Crippen molar-refractivity contribution >= 4 is 11.4 Å². The Labute approximate surface area is 97.0 Å². The van der Waals surface area contributed by atoms with Gasteiger partial charge in [0.25, 0.3) is 0 Å². The summed E-state index contributed by atoms with van der Waals surface area (Å²) in [5, 5.41) is 3.46. The first-order chi connectivity index (χ1) is 7.69. The molecular formula is C13H20N2O. The van der Waals surface area contributed by atoms with Gasteiger partial charge in [0.2, 0.25) is 0 Å². The summed E-state index contributed by atoms with van der Waals surface area (Å²) in [7, 11) is 0. The molecule has 2 rings (SSSR count). The lowest BCUT2D eigenvalue weighted by atomic mass is 10.2. The molecule has 0 amide bonds. The maximum Gasteiger partial charge on any atom is 0.123 e. The molecule has 0 aliphatic heterocycles. The zero-order chi connectivity index (χ0) is 11.5. The molecular weight excluding hydrogens is 200 g/mol. The Morgan fingerprint density at radius 1 is 1.44 bits per heavy atom. The molecule has 0 bridgehead atoms. The average Bonchev–Trinajstić information content (AvgIpc) is 2.90. The van der Waals surface area contributed by atoms with E-state index < -0.39 is 0 Å². The van der Waals surface area contributed by atoms with E-state index in [-0.39, 0.29) is 0 Å². The number of anilines is 2. The number of ether oxygens (including phenoxy) is 1. The molecule has 3 nitrogen and oxygen atoms in total. The number of rotatable bonds is 5. The number of hydrogen-bond donors (Lipinski definition) is 2. The van der Waals surface area contributed by atoms with Gasteiger partial charge in [-0.1, -0.05) is 13.8 Å². The van der Waals surface area contributed by atoms with Crippen LogP contribution in [0, 0.1) is 5.92 Å². The minimum Gasteiger partial charge on any atom is -0.493 e. The topological polar surface area (TPSA) is 47.3 Å². The number of nitrogens with two attached hydrogens (primary N) is 1. The minimum absolute atomic E-state index is 0.612. The summed E-state index contributed by atoms with van der Waals surface area (Å²) in [6.45, 7) is 5.08. The monoisotopic (exact) mass is 220 g/mol. The highest BCUT2D eigenvalue weighted by molar-refractivity contribution is 5.60. The largest absolute Gasteiger partial charge is 0.493 e. The lowest BCUT2D eigenvalue weighted by molar-refractivity contribution is 0.318. The van der Waals surface area contributed by atoms with Crippen molar-refractivity contribution in [1.82, 2.24) is 0 Å². The molecule has 1 saturated carbocycles. The summed E-state index contributed by atoms with van der Waals surface area (Å²) in [4.78, 5) is 0. The van der Waals surface area contributed by atoms with Crippen LogP contribution in [0.15, 0.2) is 18.2 Å². The lowest BCUT2D eigenvalue weighted by Crippen LogP contribution is -2.04. The lowest BCUT2D eigenvalue weighted by Gasteiger charge is -2.10. The van der Waals surface area contributed by atoms with E-state index in [1.54, 1.807) is 0 Å². The summed E-state index contributed by atoms with van der Waals surface area (Å²) in [5.41, 5.74) is 7.67. The Balaban J connectivity index is 2.03. The van der Waals surface area contributed by atoms with E-state index in [4.69, 9.17) is 10.5 Å². The van der Waals surface area contributed by atoms with Gasteiger partial charge in [-0.15, -0.1) is 0 Å². The van der Waals surface area contributed by atoms with Gasteiger partial charge in [0.15, 0.2) is 0 Å². The van der Waals surface area contributed by atoms with Crippen molar-refractivity contribution in [3.63, 3.8) is 0 Å². The van der Waals surface area contributed by atoms with E-state index in [0.717, 1.165) is 36.1 Å². The fourth-order valence-corrected chi connectivity index (χ4v) is 1.75. The standard InChI is InChI=1S/C13H20N2O/c1-3-4-16-12-7-10(14)6-11(8-12)15-13-5-9(13)2/h6-9,13,15H,3-5,14H2,1-2H3. The van der Waals surface area contributed by atoms with Crippen LogP contribution in [0.1, 0.15) is 26.7 Å². The van der Waals surface area contributed by atoms with Crippen molar-refractivity contribution in [2.75, 3.05) is 17.7 Å². The van der Waals surface area contributed by atoms with Crippen molar-refractivity contribution < 1.29 is 4.74 Å². The Kier molecular flexibility index (Phi) is 3.22. The molecule has 16 heavy (non-hydrogen) atoms. The molecule has 2 atom stereocenters. The molecule has 88 valence electrons. The van der Waals surface area contributed by atoms with Gasteiger partial charge in [0, 0.05) is 29.5 Å². The molecule has 3 heteroatoms. The number of nitrogen functional groups attached to an aromatic ring is 1. The van der Waals surface area contributed by atoms with Crippen molar-refractivity contribution in [3.05, 3.63) is 18.2 Å². The van der Waals surface area contributed by atoms with Crippen LogP contribution >= 0.6 is 0 Å². The maximum atomic E-state index is 5.84. The Morgan fingerprint density at radius 3 is 2.81 bits per heavy atom. The second-order valence-corrected chi connectivity index (χ2v) is 4.60. The van der Waals surface area contributed by atoms with Gasteiger partial charge in [-0.25, -0.2) is 0 Å². The molecule has 3 N–H and O–H groups in total. The van der Waals surface area contributed by atoms with Crippen molar-refractivity contribution in [1.29, 1.82) is 0 Å². The van der Waals surface area contributed by atoms with Crippen LogP contribution in [-0.4, -0.2) is 12.6 Å². The minimum atomic E-state index is 0.612. The highest BCUT2D eigenvalue weighted by Gasteiger charge is 2.32. The smallest absolute Gasteiger partial charge is 0.123 e. The van der Waals surface area contributed by atoms with Crippen molar-refractivity contribution in [2.45, 2.75) is 32.7 Å². The number of benzene rings is 1. The Bertz CT molecular complexity index is 365. The second-order valence-electron chi connectivity index (χ2n) is 4.60. The van der Waals surface area contributed by atoms with Gasteiger partial charge < -0.3 is 15.8 Å². The SMILES string of the molecule is CCCOc1cc(N)cc(NC2CC2C)c1. The van der Waals surface area contributed by atoms with E-state index in [1.807, 2.05) is 18.2 Å². The normalized spacial score (nSPS) is 22.9. The highest BCUT2D eigenvalue weighted by Crippen LogP contribution is 2.34. The van der Waals surface area contributed by atoms with Crippen LogP contribution in [0.3, 0.4) is 0 Å². The quantitative estimate of drug-likeness (QED) is 0.750. The number of hydrogen-bond acceptors (Lipinski definition) is 3. The van der Waals surface area contributed by atoms with Crippen LogP contribution in [-0.2, 0) is 0 Å². The maximum absolute atomic E-state index is 5.84. The summed E-state index contributed by atoms with van der Waals surface area (Å²) < 4.78 is 5.59. The highest BCUT2D eigenvalue weighted by atomic mass is 16.5. The van der Waals surface area contributed by atoms with Crippen LogP contribution in [0.25, 0.3) is 0 Å². The molecule has 0 saturated heterocycles. The first-order valence-electron chi connectivity index (χ1n) is 5.99. The fourth-order valence-electron chi connectivity index (χ4n) is 1.75. The van der Waals surface area contributed by atoms with E-state index >= 15 is 0 Å². The Hall–Kier alpha value is -1.38. The van der Waals surface area contributed by atoms with Gasteiger partial charge in [0.05, 0.1) is 6.61 Å². The predicted molar refractivity (Wildman–Crippen MR) is 67.8 cm³/mol. The molecule has 1 aromatic rings. The van der Waals surface area contributed by atoms with Crippen LogP contribution in [0.4, 0.5) is 11.4 Å². The summed E-state index contributed by atoms with van der Waals surface area (Å²) in [6, 6.07) is 6.47. The first kappa shape index (κ1) is 11.1. The van der Waals surface area contributed by atoms with Gasteiger partial charge in [-0.3, -0.25) is 0 Å². The second kappa shape index (κ2) is 4.64. The van der Waals surface area contributed by atoms with Gasteiger partial charge >= 0.3 is 0 Å². The van der Waals surface area contributed by atoms with Crippen molar-refractivity contribution in [2.24, 2.45) is 5.92 Å². The molecule has 1 aromatic carbocycles. The molecule has 0 heterocycles. The fraction of sp³-hybridized carbons (Fsp3) is 0.538. The summed E-state index contributed by atoms with van der Waals surface area (Å²) >= 11 is 0. The third-order valence-corrected chi connectivity index (χ3v) is 2.86. The van der Waals surface area contributed by atoms with Crippen LogP contribution in [0.2, 0.25) is 0 Å². The molecule has 1 aliphatic carbocycles. The molecule has 0 aromatic heterocycles. The van der Waals surface area contributed by atoms with E-state index in [0.29, 0.717) is 6.04 Å². The van der Waals surface area contributed by atoms with E-state index in [2.05, 4.69) is 19.2 Å². The van der Waals surface area contributed by atoms with Crippen LogP contribution < -0.4 is 15.8 Å². The van der Waals surface area contributed by atoms with Gasteiger partial charge in [0.1, 0.15) is 5.75 Å². The molecule has 0 spiro atoms. The summed E-state index contributed by atoms with van der Waals surface area (Å²) in [5.74, 6) is 1.64. The van der Waals surface area contributed by atoms with Crippen molar-refractivity contribution in [3.8, 4) is 5.75 Å². The zero-order valence-electron chi connectivity index (χ0n) is 9.99. The average molecular weight is 220 g/mol. The van der Waals surface area contributed by atoms with Gasteiger partial charge in [-0.2, -0.15) is 0 Å². The Morgan fingerprint density at radius 2 is 2.19 bits per heavy atom. The van der Waals surface area contributed by atoms with E-state index in [1.165, 1.54) is 6.42 Å². The first-order valence-corrected chi connectivity index (χ1v) is 5.99. The predicted octanol–water partition coefficient (Wildman–Crippen LogP) is 2.88. The van der Waals surface area contributed by atoms with Crippen LogP contribution in [0.5, 0.6) is 5.75 Å². The summed E-state index contributed by atoms with van der Waals surface area (Å²) in [6.07, 6.45) is 2.26. The third-order valence-electron chi connectivity index (χ3n) is 2.86. The van der Waals surface area contributed by atoms with Gasteiger partial charge in [-0.05, 0) is 24.8 Å². The molecule has 0 radical (unpaired) electrons. The third kappa shape index (κ3) is 2.81.